The van der Waals surface area contributed by atoms with Crippen molar-refractivity contribution in [1.82, 2.24) is 15.2 Å². The van der Waals surface area contributed by atoms with Gasteiger partial charge in [-0.2, -0.15) is 5.10 Å². The summed E-state index contributed by atoms with van der Waals surface area (Å²) in [5, 5.41) is 19.7. The second-order valence-electron chi connectivity index (χ2n) is 4.07. The summed E-state index contributed by atoms with van der Waals surface area (Å²) in [6, 6.07) is 2.89. The fourth-order valence-corrected chi connectivity index (χ4v) is 1.70. The Balaban J connectivity index is 2.29. The van der Waals surface area contributed by atoms with Gasteiger partial charge in [-0.15, -0.1) is 0 Å². The topological polar surface area (TPSA) is 96.7 Å². The molecule has 0 bridgehead atoms. The lowest BCUT2D eigenvalue weighted by Gasteiger charge is -2.15. The summed E-state index contributed by atoms with van der Waals surface area (Å²) in [4.78, 5) is 13.8. The lowest BCUT2D eigenvalue weighted by Crippen LogP contribution is -2.10. The van der Waals surface area contributed by atoms with Crippen LogP contribution < -0.4 is 5.32 Å². The van der Waals surface area contributed by atoms with Crippen molar-refractivity contribution in [3.8, 4) is 0 Å². The number of nitro groups is 1. The monoisotopic (exact) mass is 283 g/mol. The van der Waals surface area contributed by atoms with E-state index in [-0.39, 0.29) is 11.4 Å². The highest BCUT2D eigenvalue weighted by Gasteiger charge is 2.19. The van der Waals surface area contributed by atoms with E-state index in [0.717, 1.165) is 6.07 Å². The molecule has 0 amide bonds. The number of benzene rings is 1. The Kier molecular flexibility index (Phi) is 3.87. The van der Waals surface area contributed by atoms with E-state index in [4.69, 9.17) is 0 Å². The van der Waals surface area contributed by atoms with Gasteiger partial charge < -0.3 is 5.32 Å². The molecule has 20 heavy (non-hydrogen) atoms. The largest absolute Gasteiger partial charge is 0.375 e. The van der Waals surface area contributed by atoms with E-state index in [1.54, 1.807) is 6.92 Å². The Hall–Kier alpha value is -2.58. The number of nitrogens with one attached hydrogen (secondary N) is 2. The van der Waals surface area contributed by atoms with Gasteiger partial charge in [-0.1, -0.05) is 0 Å². The highest BCUT2D eigenvalue weighted by atomic mass is 19.3. The lowest BCUT2D eigenvalue weighted by molar-refractivity contribution is -0.385. The standard InChI is InChI=1S/C11H11F2N5O2/c1-6(11-14-5-15-17-11)16-9-3-2-7(18(19)20)4-8(9)10(12)13/h2-6,10,16H,1H3,(H,14,15,17). The van der Waals surface area contributed by atoms with Crippen LogP contribution in [-0.4, -0.2) is 20.1 Å². The number of nitrogens with zero attached hydrogens (tertiary/aromatic N) is 3. The highest BCUT2D eigenvalue weighted by molar-refractivity contribution is 5.57. The zero-order valence-electron chi connectivity index (χ0n) is 10.4. The second kappa shape index (κ2) is 5.59. The van der Waals surface area contributed by atoms with Gasteiger partial charge in [-0.05, 0) is 13.0 Å². The maximum absolute atomic E-state index is 13.0. The van der Waals surface area contributed by atoms with Crippen LogP contribution in [0.25, 0.3) is 0 Å². The van der Waals surface area contributed by atoms with Crippen molar-refractivity contribution in [2.24, 2.45) is 0 Å². The van der Waals surface area contributed by atoms with Crippen molar-refractivity contribution in [2.75, 3.05) is 5.32 Å². The molecule has 0 saturated carbocycles. The maximum Gasteiger partial charge on any atom is 0.270 e. The molecule has 1 heterocycles. The Morgan fingerprint density at radius 2 is 2.20 bits per heavy atom. The molecule has 2 rings (SSSR count). The smallest absolute Gasteiger partial charge is 0.270 e. The van der Waals surface area contributed by atoms with Gasteiger partial charge in [0.2, 0.25) is 0 Å². The average Bonchev–Trinajstić information content (AvgIpc) is 2.92. The van der Waals surface area contributed by atoms with Crippen LogP contribution in [0.5, 0.6) is 0 Å². The fraction of sp³-hybridized carbons (Fsp3) is 0.273. The number of H-pyrrole nitrogens is 1. The molecular formula is C11H11F2N5O2. The normalized spacial score (nSPS) is 12.4. The van der Waals surface area contributed by atoms with Crippen LogP contribution in [0.4, 0.5) is 20.2 Å². The third-order valence-corrected chi connectivity index (χ3v) is 2.70. The Morgan fingerprint density at radius 3 is 2.75 bits per heavy atom. The van der Waals surface area contributed by atoms with E-state index < -0.39 is 23.0 Å². The van der Waals surface area contributed by atoms with Crippen LogP contribution in [-0.2, 0) is 0 Å². The number of rotatable bonds is 5. The van der Waals surface area contributed by atoms with Crippen LogP contribution in [0.1, 0.15) is 30.8 Å². The van der Waals surface area contributed by atoms with Crippen molar-refractivity contribution in [3.63, 3.8) is 0 Å². The lowest BCUT2D eigenvalue weighted by atomic mass is 10.1. The van der Waals surface area contributed by atoms with Gasteiger partial charge in [0.05, 0.1) is 11.0 Å². The third kappa shape index (κ3) is 2.87. The summed E-state index contributed by atoms with van der Waals surface area (Å²) in [6.07, 6.45) is -1.52. The quantitative estimate of drug-likeness (QED) is 0.649. The first kappa shape index (κ1) is 13.8. The van der Waals surface area contributed by atoms with Gasteiger partial charge in [0.25, 0.3) is 12.1 Å². The van der Waals surface area contributed by atoms with Crippen molar-refractivity contribution < 1.29 is 13.7 Å². The minimum absolute atomic E-state index is 0.120. The molecule has 1 unspecified atom stereocenters. The first-order valence-corrected chi connectivity index (χ1v) is 5.67. The number of hydrogen-bond acceptors (Lipinski definition) is 5. The zero-order valence-corrected chi connectivity index (χ0v) is 10.4. The number of aromatic nitrogens is 3. The molecule has 0 spiro atoms. The van der Waals surface area contributed by atoms with Gasteiger partial charge in [0, 0.05) is 23.4 Å². The number of alkyl halides is 2. The second-order valence-corrected chi connectivity index (χ2v) is 4.07. The fourth-order valence-electron chi connectivity index (χ4n) is 1.70. The molecule has 106 valence electrons. The summed E-state index contributed by atoms with van der Waals surface area (Å²) in [5.74, 6) is 0.476. The van der Waals surface area contributed by atoms with E-state index in [0.29, 0.717) is 5.82 Å². The molecule has 1 aromatic carbocycles. The summed E-state index contributed by atoms with van der Waals surface area (Å²) >= 11 is 0. The molecule has 2 aromatic rings. The van der Waals surface area contributed by atoms with E-state index in [1.807, 2.05) is 0 Å². The summed E-state index contributed by atoms with van der Waals surface area (Å²) < 4.78 is 25.9. The molecule has 9 heteroatoms. The van der Waals surface area contributed by atoms with Gasteiger partial charge in [-0.3, -0.25) is 15.2 Å². The molecule has 1 aromatic heterocycles. The van der Waals surface area contributed by atoms with Gasteiger partial charge in [-0.25, -0.2) is 13.8 Å². The van der Waals surface area contributed by atoms with Crippen molar-refractivity contribution >= 4 is 11.4 Å². The number of nitro benzene ring substituents is 1. The molecule has 1 atom stereocenters. The van der Waals surface area contributed by atoms with Crippen LogP contribution in [0.2, 0.25) is 0 Å². The molecule has 0 aliphatic rings. The molecule has 2 N–H and O–H groups in total. The molecule has 7 nitrogen and oxygen atoms in total. The highest BCUT2D eigenvalue weighted by Crippen LogP contribution is 2.32. The molecule has 0 fully saturated rings. The average molecular weight is 283 g/mol. The minimum atomic E-state index is -2.82. The van der Waals surface area contributed by atoms with Crippen LogP contribution in [0.3, 0.4) is 0 Å². The Labute approximate surface area is 112 Å². The van der Waals surface area contributed by atoms with Crippen LogP contribution in [0, 0.1) is 10.1 Å². The van der Waals surface area contributed by atoms with Crippen molar-refractivity contribution in [2.45, 2.75) is 19.4 Å². The number of aromatic amines is 1. The van der Waals surface area contributed by atoms with E-state index in [2.05, 4.69) is 20.5 Å². The maximum atomic E-state index is 13.0. The SMILES string of the molecule is CC(Nc1ccc([N+](=O)[O-])cc1C(F)F)c1ncn[nH]1. The minimum Gasteiger partial charge on any atom is -0.375 e. The van der Waals surface area contributed by atoms with E-state index >= 15 is 0 Å². The zero-order chi connectivity index (χ0) is 14.7. The summed E-state index contributed by atoms with van der Waals surface area (Å²) in [7, 11) is 0. The first-order chi connectivity index (χ1) is 9.49. The number of anilines is 1. The molecule has 0 saturated heterocycles. The van der Waals surface area contributed by atoms with Gasteiger partial charge in [0.1, 0.15) is 12.2 Å². The van der Waals surface area contributed by atoms with Gasteiger partial charge >= 0.3 is 0 Å². The number of hydrogen-bond donors (Lipinski definition) is 2. The predicted molar refractivity (Wildman–Crippen MR) is 66.5 cm³/mol. The summed E-state index contributed by atoms with van der Waals surface area (Å²) in [6.45, 7) is 1.71. The van der Waals surface area contributed by atoms with Crippen LogP contribution >= 0.6 is 0 Å². The van der Waals surface area contributed by atoms with E-state index in [1.165, 1.54) is 18.5 Å². The first-order valence-electron chi connectivity index (χ1n) is 5.67. The van der Waals surface area contributed by atoms with Gasteiger partial charge in [0.15, 0.2) is 0 Å². The van der Waals surface area contributed by atoms with Crippen molar-refractivity contribution in [1.29, 1.82) is 0 Å². The number of non-ortho nitro benzene ring substituents is 1. The molecule has 0 aliphatic heterocycles. The number of halogens is 2. The molecule has 0 radical (unpaired) electrons. The third-order valence-electron chi connectivity index (χ3n) is 2.70. The molecular weight excluding hydrogens is 272 g/mol. The molecule has 0 aliphatic carbocycles. The predicted octanol–water partition coefficient (Wildman–Crippen LogP) is 2.82. The van der Waals surface area contributed by atoms with Crippen molar-refractivity contribution in [3.05, 3.63) is 46.0 Å². The van der Waals surface area contributed by atoms with E-state index in [9.17, 15) is 18.9 Å². The Morgan fingerprint density at radius 1 is 1.45 bits per heavy atom. The Bertz CT molecular complexity index is 603. The van der Waals surface area contributed by atoms with Crippen LogP contribution in [0.15, 0.2) is 24.5 Å². The summed E-state index contributed by atoms with van der Waals surface area (Å²) in [5.41, 5.74) is -0.682.